The molecule has 1 atom stereocenters. The summed E-state index contributed by atoms with van der Waals surface area (Å²) in [6.45, 7) is 5.73. The summed E-state index contributed by atoms with van der Waals surface area (Å²) in [4.78, 5) is 12.3. The van der Waals surface area contributed by atoms with Gasteiger partial charge in [0.1, 0.15) is 0 Å². The van der Waals surface area contributed by atoms with Gasteiger partial charge in [-0.05, 0) is 74.3 Å². The normalized spacial score (nSPS) is 21.7. The van der Waals surface area contributed by atoms with E-state index in [1.165, 1.54) is 25.7 Å². The predicted octanol–water partition coefficient (Wildman–Crippen LogP) is 2.37. The summed E-state index contributed by atoms with van der Waals surface area (Å²) in [5.74, 6) is 0.637. The lowest BCUT2D eigenvalue weighted by atomic mass is 9.74. The first-order chi connectivity index (χ1) is 11.0. The first-order valence-corrected chi connectivity index (χ1v) is 8.53. The molecule has 0 aromatic heterocycles. The monoisotopic (exact) mass is 311 g/mol. The maximum absolute atomic E-state index is 12.3. The van der Waals surface area contributed by atoms with Crippen LogP contribution in [0.5, 0.6) is 0 Å². The Morgan fingerprint density at radius 2 is 2.09 bits per heavy atom. The van der Waals surface area contributed by atoms with Crippen LogP contribution in [0.15, 0.2) is 12.1 Å². The molecule has 1 aromatic rings. The van der Waals surface area contributed by atoms with Gasteiger partial charge in [0.15, 0.2) is 0 Å². The van der Waals surface area contributed by atoms with Gasteiger partial charge in [-0.3, -0.25) is 4.79 Å². The van der Waals surface area contributed by atoms with Crippen molar-refractivity contribution in [1.82, 2.24) is 10.6 Å². The maximum atomic E-state index is 12.3. The smallest absolute Gasteiger partial charge is 0.224 e. The number of amides is 1. The van der Waals surface area contributed by atoms with Gasteiger partial charge in [0.05, 0.1) is 18.1 Å². The zero-order valence-corrected chi connectivity index (χ0v) is 14.0. The van der Waals surface area contributed by atoms with Crippen LogP contribution in [0.1, 0.15) is 47.9 Å². The molecule has 1 aliphatic carbocycles. The van der Waals surface area contributed by atoms with E-state index in [4.69, 9.17) is 5.26 Å². The fraction of sp³-hybridized carbons (Fsp3) is 0.579. The van der Waals surface area contributed by atoms with Crippen molar-refractivity contribution in [3.8, 4) is 6.07 Å². The molecular weight excluding hydrogens is 286 g/mol. The molecule has 1 amide bonds. The third-order valence-electron chi connectivity index (χ3n) is 5.51. The van der Waals surface area contributed by atoms with E-state index in [2.05, 4.69) is 16.7 Å². The number of nitriles is 1. The van der Waals surface area contributed by atoms with Crippen LogP contribution in [0.3, 0.4) is 0 Å². The first-order valence-electron chi connectivity index (χ1n) is 8.53. The Balaban J connectivity index is 1.53. The number of benzene rings is 1. The van der Waals surface area contributed by atoms with Crippen LogP contribution in [-0.4, -0.2) is 24.5 Å². The van der Waals surface area contributed by atoms with Crippen LogP contribution in [0, 0.1) is 31.1 Å². The predicted molar refractivity (Wildman–Crippen MR) is 90.0 cm³/mol. The topological polar surface area (TPSA) is 64.9 Å². The van der Waals surface area contributed by atoms with Gasteiger partial charge in [-0.2, -0.15) is 5.26 Å². The highest BCUT2D eigenvalue weighted by atomic mass is 16.1. The maximum Gasteiger partial charge on any atom is 0.224 e. The highest BCUT2D eigenvalue weighted by Gasteiger charge is 2.42. The molecule has 3 rings (SSSR count). The Morgan fingerprint density at radius 1 is 1.39 bits per heavy atom. The molecular formula is C19H25N3O. The molecule has 4 nitrogen and oxygen atoms in total. The van der Waals surface area contributed by atoms with E-state index in [-0.39, 0.29) is 5.91 Å². The Labute approximate surface area is 138 Å². The highest BCUT2D eigenvalue weighted by molar-refractivity contribution is 5.79. The molecule has 1 aromatic carbocycles. The van der Waals surface area contributed by atoms with Gasteiger partial charge >= 0.3 is 0 Å². The van der Waals surface area contributed by atoms with Crippen molar-refractivity contribution in [2.75, 3.05) is 13.1 Å². The lowest BCUT2D eigenvalue weighted by Crippen LogP contribution is -2.45. The number of carbonyl (C=O) groups is 1. The average molecular weight is 311 g/mol. The van der Waals surface area contributed by atoms with Gasteiger partial charge in [0, 0.05) is 18.6 Å². The van der Waals surface area contributed by atoms with E-state index in [1.807, 2.05) is 26.0 Å². The molecule has 1 saturated carbocycles. The van der Waals surface area contributed by atoms with Gasteiger partial charge in [-0.1, -0.05) is 0 Å². The van der Waals surface area contributed by atoms with Crippen LogP contribution < -0.4 is 10.6 Å². The van der Waals surface area contributed by atoms with Crippen molar-refractivity contribution in [3.63, 3.8) is 0 Å². The van der Waals surface area contributed by atoms with Crippen molar-refractivity contribution >= 4 is 5.91 Å². The van der Waals surface area contributed by atoms with E-state index in [1.54, 1.807) is 0 Å². The summed E-state index contributed by atoms with van der Waals surface area (Å²) in [6, 6.07) is 5.88. The SMILES string of the molecule is Cc1cc(C#N)cc(C)c1CC(=O)NCC1CNC2(CCC2)C1. The van der Waals surface area contributed by atoms with Crippen LogP contribution >= 0.6 is 0 Å². The number of carbonyl (C=O) groups excluding carboxylic acids is 1. The molecule has 122 valence electrons. The van der Waals surface area contributed by atoms with E-state index >= 15 is 0 Å². The summed E-state index contributed by atoms with van der Waals surface area (Å²) in [6.07, 6.45) is 5.52. The lowest BCUT2D eigenvalue weighted by Gasteiger charge is -2.38. The molecule has 1 saturated heterocycles. The zero-order valence-electron chi connectivity index (χ0n) is 14.0. The second-order valence-electron chi connectivity index (χ2n) is 7.27. The summed E-state index contributed by atoms with van der Waals surface area (Å²) in [7, 11) is 0. The van der Waals surface area contributed by atoms with Crippen molar-refractivity contribution in [2.24, 2.45) is 5.92 Å². The van der Waals surface area contributed by atoms with Gasteiger partial charge in [0.2, 0.25) is 5.91 Å². The largest absolute Gasteiger partial charge is 0.355 e. The van der Waals surface area contributed by atoms with Crippen molar-refractivity contribution < 1.29 is 4.79 Å². The second kappa shape index (κ2) is 6.33. The van der Waals surface area contributed by atoms with Gasteiger partial charge < -0.3 is 10.6 Å². The fourth-order valence-corrected chi connectivity index (χ4v) is 4.00. The minimum absolute atomic E-state index is 0.0791. The number of aryl methyl sites for hydroxylation is 2. The quantitative estimate of drug-likeness (QED) is 0.897. The molecule has 23 heavy (non-hydrogen) atoms. The Kier molecular flexibility index (Phi) is 4.41. The van der Waals surface area contributed by atoms with Crippen molar-refractivity contribution in [3.05, 3.63) is 34.4 Å². The number of nitrogens with zero attached hydrogens (tertiary/aromatic N) is 1. The Morgan fingerprint density at radius 3 is 2.61 bits per heavy atom. The first kappa shape index (κ1) is 16.0. The minimum atomic E-state index is 0.0791. The molecule has 1 unspecified atom stereocenters. The number of rotatable bonds is 4. The van der Waals surface area contributed by atoms with E-state index in [0.29, 0.717) is 23.4 Å². The van der Waals surface area contributed by atoms with Gasteiger partial charge in [-0.15, -0.1) is 0 Å². The van der Waals surface area contributed by atoms with Crippen LogP contribution in [0.25, 0.3) is 0 Å². The zero-order chi connectivity index (χ0) is 16.4. The number of nitrogens with one attached hydrogen (secondary N) is 2. The van der Waals surface area contributed by atoms with Gasteiger partial charge in [-0.25, -0.2) is 0 Å². The molecule has 1 heterocycles. The van der Waals surface area contributed by atoms with Crippen molar-refractivity contribution in [2.45, 2.75) is 51.5 Å². The van der Waals surface area contributed by atoms with E-state index in [0.717, 1.165) is 29.8 Å². The minimum Gasteiger partial charge on any atom is -0.355 e. The third-order valence-corrected chi connectivity index (χ3v) is 5.51. The lowest BCUT2D eigenvalue weighted by molar-refractivity contribution is -0.120. The standard InChI is InChI=1S/C19H25N3O/c1-13-6-15(10-20)7-14(2)17(13)8-18(23)21-11-16-9-19(22-12-16)4-3-5-19/h6-7,16,22H,3-5,8-9,11-12H2,1-2H3,(H,21,23). The molecule has 2 aliphatic rings. The second-order valence-corrected chi connectivity index (χ2v) is 7.27. The summed E-state index contributed by atoms with van der Waals surface area (Å²) in [5.41, 5.74) is 4.14. The Bertz CT molecular complexity index is 632. The van der Waals surface area contributed by atoms with Crippen molar-refractivity contribution in [1.29, 1.82) is 5.26 Å². The molecule has 2 fully saturated rings. The highest BCUT2D eigenvalue weighted by Crippen LogP contribution is 2.40. The summed E-state index contributed by atoms with van der Waals surface area (Å²) in [5, 5.41) is 15.7. The molecule has 1 aliphatic heterocycles. The van der Waals surface area contributed by atoms with Crippen LogP contribution in [0.2, 0.25) is 0 Å². The molecule has 4 heteroatoms. The molecule has 2 N–H and O–H groups in total. The third kappa shape index (κ3) is 3.40. The summed E-state index contributed by atoms with van der Waals surface area (Å²) < 4.78 is 0. The average Bonchev–Trinajstić information content (AvgIpc) is 2.93. The van der Waals surface area contributed by atoms with E-state index < -0.39 is 0 Å². The van der Waals surface area contributed by atoms with Crippen LogP contribution in [0.4, 0.5) is 0 Å². The van der Waals surface area contributed by atoms with E-state index in [9.17, 15) is 4.79 Å². The number of hydrogen-bond donors (Lipinski definition) is 2. The van der Waals surface area contributed by atoms with Gasteiger partial charge in [0.25, 0.3) is 0 Å². The summed E-state index contributed by atoms with van der Waals surface area (Å²) >= 11 is 0. The number of hydrogen-bond acceptors (Lipinski definition) is 3. The molecule has 0 bridgehead atoms. The molecule has 1 spiro atoms. The van der Waals surface area contributed by atoms with Crippen LogP contribution in [-0.2, 0) is 11.2 Å². The fourth-order valence-electron chi connectivity index (χ4n) is 4.00. The molecule has 0 radical (unpaired) electrons. The Hall–Kier alpha value is -1.86.